The summed E-state index contributed by atoms with van der Waals surface area (Å²) in [5, 5.41) is 15.1. The van der Waals surface area contributed by atoms with Gasteiger partial charge < -0.3 is 20.6 Å². The summed E-state index contributed by atoms with van der Waals surface area (Å²) < 4.78 is 11.6. The number of rotatable bonds is 10. The molecule has 0 spiro atoms. The van der Waals surface area contributed by atoms with Crippen molar-refractivity contribution in [3.8, 4) is 11.5 Å². The van der Waals surface area contributed by atoms with Gasteiger partial charge in [-0.3, -0.25) is 4.79 Å². The Balaban J connectivity index is 1.50. The Hall–Kier alpha value is -3.99. The zero-order valence-corrected chi connectivity index (χ0v) is 18.4. The molecule has 0 aliphatic rings. The van der Waals surface area contributed by atoms with Crippen LogP contribution in [0.25, 0.3) is 6.08 Å². The molecule has 2 aromatic carbocycles. The third-order valence-corrected chi connectivity index (χ3v) is 4.99. The zero-order valence-electron chi connectivity index (χ0n) is 17.6. The van der Waals surface area contributed by atoms with Crippen LogP contribution in [0.3, 0.4) is 0 Å². The summed E-state index contributed by atoms with van der Waals surface area (Å²) in [5.41, 5.74) is 4.33. The minimum atomic E-state index is -0.244. The molecule has 4 N–H and O–H groups in total. The van der Waals surface area contributed by atoms with E-state index in [2.05, 4.69) is 26.0 Å². The maximum Gasteiger partial charge on any atom is 0.264 e. The second-order valence-electron chi connectivity index (χ2n) is 6.27. The molecule has 3 aromatic rings. The fourth-order valence-corrected chi connectivity index (χ4v) is 3.17. The number of amides is 1. The smallest absolute Gasteiger partial charge is 0.264 e. The Bertz CT molecular complexity index is 1080. The van der Waals surface area contributed by atoms with Gasteiger partial charge in [-0.25, -0.2) is 10.1 Å². The van der Waals surface area contributed by atoms with Gasteiger partial charge in [0.15, 0.2) is 0 Å². The number of hydrazone groups is 1. The fraction of sp³-hybridized carbons (Fsp3) is 0.143. The summed E-state index contributed by atoms with van der Waals surface area (Å²) >= 11 is 1.14. The highest BCUT2D eigenvalue weighted by Crippen LogP contribution is 2.26. The Labute approximate surface area is 189 Å². The number of anilines is 2. The molecular formula is C21H23N7O3S. The normalized spacial score (nSPS) is 11.1. The third kappa shape index (κ3) is 6.51. The molecule has 0 saturated heterocycles. The molecule has 3 rings (SSSR count). The SMILES string of the molecule is COc1cc(NC(=O)CSc2nnc(N/N=C/C=C/c3ccccc3)n2N)cc(OC)c1. The molecule has 166 valence electrons. The van der Waals surface area contributed by atoms with Crippen LogP contribution in [0.1, 0.15) is 5.56 Å². The highest BCUT2D eigenvalue weighted by atomic mass is 32.2. The molecule has 0 radical (unpaired) electrons. The van der Waals surface area contributed by atoms with Crippen molar-refractivity contribution in [1.82, 2.24) is 14.9 Å². The number of nitrogens with two attached hydrogens (primary N) is 1. The van der Waals surface area contributed by atoms with Gasteiger partial charge in [-0.1, -0.05) is 48.2 Å². The van der Waals surface area contributed by atoms with Gasteiger partial charge in [-0.2, -0.15) is 5.10 Å². The molecular weight excluding hydrogens is 430 g/mol. The fourth-order valence-electron chi connectivity index (χ4n) is 2.51. The number of carbonyl (C=O) groups excluding carboxylic acids is 1. The van der Waals surface area contributed by atoms with Crippen LogP contribution in [0, 0.1) is 0 Å². The van der Waals surface area contributed by atoms with Gasteiger partial charge in [0, 0.05) is 30.1 Å². The second kappa shape index (κ2) is 11.4. The van der Waals surface area contributed by atoms with E-state index >= 15 is 0 Å². The molecule has 0 aliphatic carbocycles. The summed E-state index contributed by atoms with van der Waals surface area (Å²) in [6.45, 7) is 0. The number of hydrogen-bond acceptors (Lipinski definition) is 9. The summed E-state index contributed by atoms with van der Waals surface area (Å²) in [6, 6.07) is 15.0. The first-order valence-corrected chi connectivity index (χ1v) is 10.4. The van der Waals surface area contributed by atoms with Crippen molar-refractivity contribution in [2.45, 2.75) is 5.16 Å². The lowest BCUT2D eigenvalue weighted by molar-refractivity contribution is -0.113. The van der Waals surface area contributed by atoms with E-state index in [0.29, 0.717) is 22.3 Å². The number of hydrogen-bond donors (Lipinski definition) is 3. The van der Waals surface area contributed by atoms with E-state index in [1.807, 2.05) is 36.4 Å². The van der Waals surface area contributed by atoms with E-state index in [1.54, 1.807) is 44.7 Å². The lowest BCUT2D eigenvalue weighted by Gasteiger charge is -2.09. The van der Waals surface area contributed by atoms with E-state index < -0.39 is 0 Å². The van der Waals surface area contributed by atoms with Crippen LogP contribution in [-0.2, 0) is 4.79 Å². The van der Waals surface area contributed by atoms with E-state index in [-0.39, 0.29) is 17.6 Å². The van der Waals surface area contributed by atoms with Gasteiger partial charge in [0.1, 0.15) is 11.5 Å². The van der Waals surface area contributed by atoms with Crippen molar-refractivity contribution in [1.29, 1.82) is 0 Å². The highest BCUT2D eigenvalue weighted by Gasteiger charge is 2.12. The number of ether oxygens (including phenoxy) is 2. The quantitative estimate of drug-likeness (QED) is 0.185. The molecule has 32 heavy (non-hydrogen) atoms. The number of nitrogens with one attached hydrogen (secondary N) is 2. The molecule has 1 heterocycles. The number of nitrogen functional groups attached to an aromatic ring is 1. The van der Waals surface area contributed by atoms with Crippen molar-refractivity contribution in [3.05, 3.63) is 60.2 Å². The van der Waals surface area contributed by atoms with E-state index in [1.165, 1.54) is 4.68 Å². The predicted octanol–water partition coefficient (Wildman–Crippen LogP) is 2.85. The first kappa shape index (κ1) is 22.7. The maximum atomic E-state index is 12.3. The van der Waals surface area contributed by atoms with Crippen LogP contribution in [0.4, 0.5) is 11.6 Å². The van der Waals surface area contributed by atoms with Crippen molar-refractivity contribution in [2.75, 3.05) is 36.6 Å². The molecule has 10 nitrogen and oxygen atoms in total. The number of carbonyl (C=O) groups is 1. The van der Waals surface area contributed by atoms with Crippen molar-refractivity contribution >= 4 is 41.6 Å². The van der Waals surface area contributed by atoms with Gasteiger partial charge in [-0.05, 0) is 11.6 Å². The van der Waals surface area contributed by atoms with Crippen molar-refractivity contribution < 1.29 is 14.3 Å². The van der Waals surface area contributed by atoms with Crippen LogP contribution < -0.4 is 26.1 Å². The first-order valence-electron chi connectivity index (χ1n) is 9.46. The monoisotopic (exact) mass is 453 g/mol. The van der Waals surface area contributed by atoms with Crippen LogP contribution in [0.15, 0.2) is 64.9 Å². The molecule has 0 saturated carbocycles. The van der Waals surface area contributed by atoms with E-state index in [4.69, 9.17) is 15.3 Å². The van der Waals surface area contributed by atoms with Gasteiger partial charge in [-0.15, -0.1) is 10.2 Å². The molecule has 0 bridgehead atoms. The van der Waals surface area contributed by atoms with Gasteiger partial charge in [0.05, 0.1) is 20.0 Å². The van der Waals surface area contributed by atoms with Crippen LogP contribution in [0.5, 0.6) is 11.5 Å². The van der Waals surface area contributed by atoms with Gasteiger partial charge in [0.25, 0.3) is 5.95 Å². The van der Waals surface area contributed by atoms with Gasteiger partial charge in [0.2, 0.25) is 11.1 Å². The van der Waals surface area contributed by atoms with Crippen molar-refractivity contribution in [3.63, 3.8) is 0 Å². The molecule has 0 atom stereocenters. The standard InChI is InChI=1S/C21H23N7O3S/c1-30-17-11-16(12-18(13-17)31-2)24-19(29)14-32-21-27-26-20(28(21)22)25-23-10-6-9-15-7-4-3-5-8-15/h3-13H,14,22H2,1-2H3,(H,24,29)(H,25,26)/b9-6+,23-10+. The number of aromatic nitrogens is 3. The predicted molar refractivity (Wildman–Crippen MR) is 127 cm³/mol. The summed E-state index contributed by atoms with van der Waals surface area (Å²) in [6.07, 6.45) is 5.27. The van der Waals surface area contributed by atoms with Crippen LogP contribution in [-0.4, -0.2) is 47.0 Å². The Morgan fingerprint density at radius 2 is 1.88 bits per heavy atom. The van der Waals surface area contributed by atoms with E-state index in [0.717, 1.165) is 17.3 Å². The van der Waals surface area contributed by atoms with E-state index in [9.17, 15) is 4.79 Å². The average Bonchev–Trinajstić information content (AvgIpc) is 3.17. The Kier molecular flexibility index (Phi) is 8.09. The maximum absolute atomic E-state index is 12.3. The minimum Gasteiger partial charge on any atom is -0.497 e. The summed E-state index contributed by atoms with van der Waals surface area (Å²) in [4.78, 5) is 12.3. The number of nitrogens with zero attached hydrogens (tertiary/aromatic N) is 4. The largest absolute Gasteiger partial charge is 0.497 e. The molecule has 11 heteroatoms. The molecule has 0 aliphatic heterocycles. The zero-order chi connectivity index (χ0) is 22.8. The minimum absolute atomic E-state index is 0.0813. The topological polar surface area (TPSA) is 129 Å². The lowest BCUT2D eigenvalue weighted by atomic mass is 10.2. The number of benzene rings is 2. The number of thioether (sulfide) groups is 1. The first-order chi connectivity index (χ1) is 15.6. The number of methoxy groups -OCH3 is 2. The highest BCUT2D eigenvalue weighted by molar-refractivity contribution is 7.99. The average molecular weight is 454 g/mol. The van der Waals surface area contributed by atoms with Crippen molar-refractivity contribution in [2.24, 2.45) is 5.10 Å². The second-order valence-corrected chi connectivity index (χ2v) is 7.22. The summed E-state index contributed by atoms with van der Waals surface area (Å²) in [7, 11) is 3.08. The molecule has 1 amide bonds. The molecule has 1 aromatic heterocycles. The van der Waals surface area contributed by atoms with Crippen LogP contribution in [0.2, 0.25) is 0 Å². The Morgan fingerprint density at radius 1 is 1.16 bits per heavy atom. The third-order valence-electron chi connectivity index (χ3n) is 4.05. The molecule has 0 fully saturated rings. The summed E-state index contributed by atoms with van der Waals surface area (Å²) in [5.74, 6) is 7.20. The Morgan fingerprint density at radius 3 is 2.56 bits per heavy atom. The van der Waals surface area contributed by atoms with Gasteiger partial charge >= 0.3 is 0 Å². The molecule has 0 unspecified atom stereocenters. The lowest BCUT2D eigenvalue weighted by Crippen LogP contribution is -2.17. The van der Waals surface area contributed by atoms with Crippen LogP contribution >= 0.6 is 11.8 Å². The number of allylic oxidation sites excluding steroid dienone is 1.